The minimum absolute atomic E-state index is 0.00821. The molecule has 1 aliphatic heterocycles. The molecule has 0 spiro atoms. The van der Waals surface area contributed by atoms with Gasteiger partial charge in [0.05, 0.1) is 0 Å². The monoisotopic (exact) mass is 390 g/mol. The number of carbonyl (C=O) groups is 1. The van der Waals surface area contributed by atoms with Crippen molar-refractivity contribution in [2.24, 2.45) is 0 Å². The van der Waals surface area contributed by atoms with Crippen LogP contribution in [0.3, 0.4) is 0 Å². The number of piperazine rings is 1. The van der Waals surface area contributed by atoms with E-state index in [4.69, 9.17) is 16.3 Å². The Balaban J connectivity index is 1.55. The summed E-state index contributed by atoms with van der Waals surface area (Å²) in [6, 6.07) is 13.7. The van der Waals surface area contributed by atoms with Crippen LogP contribution in [-0.2, 0) is 11.3 Å². The minimum Gasteiger partial charge on any atom is -0.484 e. The molecule has 4 nitrogen and oxygen atoms in total. The molecule has 3 rings (SSSR count). The predicted molar refractivity (Wildman–Crippen MR) is 104 cm³/mol. The molecule has 0 unspecified atom stereocenters. The zero-order chi connectivity index (χ0) is 19.4. The lowest BCUT2D eigenvalue weighted by Crippen LogP contribution is -2.59. The van der Waals surface area contributed by atoms with Crippen LogP contribution in [0.15, 0.2) is 48.5 Å². The molecule has 27 heavy (non-hydrogen) atoms. The van der Waals surface area contributed by atoms with E-state index >= 15 is 0 Å². The second-order valence-electron chi connectivity index (χ2n) is 7.06. The largest absolute Gasteiger partial charge is 0.484 e. The Hall–Kier alpha value is -2.11. The maximum atomic E-state index is 13.1. The van der Waals surface area contributed by atoms with Crippen LogP contribution >= 0.6 is 11.6 Å². The summed E-state index contributed by atoms with van der Waals surface area (Å²) in [6.45, 7) is 6.40. The molecule has 2 aromatic carbocycles. The first-order valence-electron chi connectivity index (χ1n) is 9.08. The van der Waals surface area contributed by atoms with Crippen molar-refractivity contribution >= 4 is 17.5 Å². The molecule has 0 aliphatic carbocycles. The van der Waals surface area contributed by atoms with Crippen LogP contribution < -0.4 is 4.74 Å². The fraction of sp³-hybridized carbons (Fsp3) is 0.381. The van der Waals surface area contributed by atoms with Gasteiger partial charge >= 0.3 is 0 Å². The van der Waals surface area contributed by atoms with E-state index in [1.54, 1.807) is 24.3 Å². The summed E-state index contributed by atoms with van der Waals surface area (Å²) in [5.41, 5.74) is 1.07. The summed E-state index contributed by atoms with van der Waals surface area (Å²) in [7, 11) is 0. The van der Waals surface area contributed by atoms with Crippen LogP contribution in [-0.4, -0.2) is 47.5 Å². The average Bonchev–Trinajstić information content (AvgIpc) is 2.62. The number of rotatable bonds is 5. The number of benzene rings is 2. The molecule has 0 saturated carbocycles. The number of hydrogen-bond donors (Lipinski definition) is 0. The molecule has 1 saturated heterocycles. The normalized spacial score (nSPS) is 20.5. The molecule has 0 N–H and O–H groups in total. The lowest BCUT2D eigenvalue weighted by molar-refractivity contribution is -0.141. The van der Waals surface area contributed by atoms with Crippen LogP contribution in [0.5, 0.6) is 5.75 Å². The van der Waals surface area contributed by atoms with E-state index in [0.717, 1.165) is 25.2 Å². The molecule has 2 atom stereocenters. The van der Waals surface area contributed by atoms with Crippen molar-refractivity contribution in [3.63, 3.8) is 0 Å². The van der Waals surface area contributed by atoms with E-state index in [1.165, 1.54) is 12.1 Å². The Labute approximate surface area is 164 Å². The summed E-state index contributed by atoms with van der Waals surface area (Å²) >= 11 is 5.86. The average molecular weight is 391 g/mol. The number of nitrogens with zero attached hydrogens (tertiary/aromatic N) is 2. The van der Waals surface area contributed by atoms with Crippen molar-refractivity contribution in [1.29, 1.82) is 0 Å². The van der Waals surface area contributed by atoms with E-state index < -0.39 is 0 Å². The van der Waals surface area contributed by atoms with Gasteiger partial charge in [0.25, 0.3) is 5.91 Å². The molecule has 144 valence electrons. The predicted octanol–water partition coefficient (Wildman–Crippen LogP) is 3.98. The zero-order valence-corrected chi connectivity index (χ0v) is 16.3. The molecule has 1 aliphatic rings. The summed E-state index contributed by atoms with van der Waals surface area (Å²) in [6.07, 6.45) is 0. The Bertz CT molecular complexity index is 755. The number of hydrogen-bond acceptors (Lipinski definition) is 3. The highest BCUT2D eigenvalue weighted by molar-refractivity contribution is 6.30. The number of carbonyl (C=O) groups excluding carboxylic acids is 1. The first-order valence-corrected chi connectivity index (χ1v) is 9.46. The SMILES string of the molecule is C[C@@H]1CN(Cc2ccc(F)cc2)C[C@@H](C)N1C(=O)COc1ccc(Cl)cc1. The van der Waals surface area contributed by atoms with Crippen LogP contribution in [0.1, 0.15) is 19.4 Å². The molecular formula is C21H24ClFN2O2. The van der Waals surface area contributed by atoms with Gasteiger partial charge in [-0.2, -0.15) is 0 Å². The van der Waals surface area contributed by atoms with Crippen LogP contribution in [0.25, 0.3) is 0 Å². The van der Waals surface area contributed by atoms with Crippen molar-refractivity contribution in [2.75, 3.05) is 19.7 Å². The summed E-state index contributed by atoms with van der Waals surface area (Å²) in [5, 5.41) is 0.633. The fourth-order valence-electron chi connectivity index (χ4n) is 3.65. The number of ether oxygens (including phenoxy) is 1. The molecule has 1 fully saturated rings. The van der Waals surface area contributed by atoms with Crippen LogP contribution in [0.2, 0.25) is 5.02 Å². The van der Waals surface area contributed by atoms with Gasteiger partial charge in [-0.25, -0.2) is 4.39 Å². The van der Waals surface area contributed by atoms with Gasteiger partial charge in [0.15, 0.2) is 6.61 Å². The van der Waals surface area contributed by atoms with Gasteiger partial charge in [0.2, 0.25) is 0 Å². The lowest BCUT2D eigenvalue weighted by Gasteiger charge is -2.44. The highest BCUT2D eigenvalue weighted by Gasteiger charge is 2.32. The maximum absolute atomic E-state index is 13.1. The highest BCUT2D eigenvalue weighted by atomic mass is 35.5. The van der Waals surface area contributed by atoms with Crippen molar-refractivity contribution in [3.8, 4) is 5.75 Å². The van der Waals surface area contributed by atoms with E-state index in [0.29, 0.717) is 10.8 Å². The first-order chi connectivity index (χ1) is 12.9. The number of amides is 1. The van der Waals surface area contributed by atoms with E-state index in [2.05, 4.69) is 4.90 Å². The van der Waals surface area contributed by atoms with Gasteiger partial charge in [-0.1, -0.05) is 23.7 Å². The molecule has 0 bridgehead atoms. The smallest absolute Gasteiger partial charge is 0.261 e. The second kappa shape index (κ2) is 8.72. The molecule has 0 aromatic heterocycles. The molecule has 6 heteroatoms. The molecule has 0 radical (unpaired) electrons. The van der Waals surface area contributed by atoms with Crippen molar-refractivity contribution in [2.45, 2.75) is 32.5 Å². The first kappa shape index (κ1) is 19.6. The number of halogens is 2. The third-order valence-corrected chi connectivity index (χ3v) is 5.03. The van der Waals surface area contributed by atoms with E-state index in [-0.39, 0.29) is 30.4 Å². The second-order valence-corrected chi connectivity index (χ2v) is 7.50. The third kappa shape index (κ3) is 5.21. The van der Waals surface area contributed by atoms with Crippen LogP contribution in [0.4, 0.5) is 4.39 Å². The molecule has 1 amide bonds. The topological polar surface area (TPSA) is 32.8 Å². The fourth-order valence-corrected chi connectivity index (χ4v) is 3.78. The molecular weight excluding hydrogens is 367 g/mol. The van der Waals surface area contributed by atoms with Crippen molar-refractivity contribution in [3.05, 3.63) is 64.9 Å². The van der Waals surface area contributed by atoms with Gasteiger partial charge in [0.1, 0.15) is 11.6 Å². The van der Waals surface area contributed by atoms with Crippen molar-refractivity contribution in [1.82, 2.24) is 9.80 Å². The van der Waals surface area contributed by atoms with E-state index in [9.17, 15) is 9.18 Å². The minimum atomic E-state index is -0.225. The van der Waals surface area contributed by atoms with Gasteiger partial charge < -0.3 is 9.64 Å². The van der Waals surface area contributed by atoms with Crippen LogP contribution in [0, 0.1) is 5.82 Å². The molecule has 1 heterocycles. The summed E-state index contributed by atoms with van der Waals surface area (Å²) < 4.78 is 18.7. The summed E-state index contributed by atoms with van der Waals surface area (Å²) in [4.78, 5) is 16.9. The Morgan fingerprint density at radius 1 is 1.07 bits per heavy atom. The van der Waals surface area contributed by atoms with Gasteiger partial charge in [-0.15, -0.1) is 0 Å². The quantitative estimate of drug-likeness (QED) is 0.774. The lowest BCUT2D eigenvalue weighted by atomic mass is 10.1. The summed E-state index contributed by atoms with van der Waals surface area (Å²) in [5.74, 6) is 0.381. The maximum Gasteiger partial charge on any atom is 0.261 e. The van der Waals surface area contributed by atoms with E-state index in [1.807, 2.05) is 30.9 Å². The molecule has 2 aromatic rings. The highest BCUT2D eigenvalue weighted by Crippen LogP contribution is 2.20. The van der Waals surface area contributed by atoms with Gasteiger partial charge in [-0.05, 0) is 55.8 Å². The van der Waals surface area contributed by atoms with Gasteiger partial charge in [-0.3, -0.25) is 9.69 Å². The standard InChI is InChI=1S/C21H24ClFN2O2/c1-15-11-24(13-17-3-7-19(23)8-4-17)12-16(2)25(15)21(26)14-27-20-9-5-18(22)6-10-20/h3-10,15-16H,11-14H2,1-2H3/t15-,16-/m1/s1. The van der Waals surface area contributed by atoms with Gasteiger partial charge in [0, 0.05) is 36.7 Å². The third-order valence-electron chi connectivity index (χ3n) is 4.78. The zero-order valence-electron chi connectivity index (χ0n) is 15.6. The van der Waals surface area contributed by atoms with Crippen molar-refractivity contribution < 1.29 is 13.9 Å². The Morgan fingerprint density at radius 2 is 1.67 bits per heavy atom. The Kier molecular flexibility index (Phi) is 6.34. The Morgan fingerprint density at radius 3 is 2.26 bits per heavy atom.